The SMILES string of the molecule is COC(=O)[C@H](NC(=O)[C@H](O)[C@@H](NC(=O)c1ccccc1)c1ccccc1)C1c2ccccc2-c2ccccc21. The molecule has 196 valence electrons. The molecule has 1 aliphatic carbocycles. The predicted molar refractivity (Wildman–Crippen MR) is 147 cm³/mol. The van der Waals surface area contributed by atoms with Crippen molar-refractivity contribution in [2.75, 3.05) is 7.11 Å². The van der Waals surface area contributed by atoms with Gasteiger partial charge >= 0.3 is 5.97 Å². The van der Waals surface area contributed by atoms with Crippen molar-refractivity contribution < 1.29 is 24.2 Å². The van der Waals surface area contributed by atoms with Gasteiger partial charge in [0.05, 0.1) is 13.2 Å². The maximum Gasteiger partial charge on any atom is 0.329 e. The van der Waals surface area contributed by atoms with Gasteiger partial charge in [0.25, 0.3) is 11.8 Å². The van der Waals surface area contributed by atoms with Crippen LogP contribution < -0.4 is 10.6 Å². The van der Waals surface area contributed by atoms with E-state index in [1.54, 1.807) is 60.7 Å². The summed E-state index contributed by atoms with van der Waals surface area (Å²) in [5.74, 6) is -2.42. The fourth-order valence-corrected chi connectivity index (χ4v) is 5.17. The van der Waals surface area contributed by atoms with Gasteiger partial charge in [-0.2, -0.15) is 0 Å². The minimum atomic E-state index is -1.70. The number of nitrogens with one attached hydrogen (secondary N) is 2. The molecule has 0 heterocycles. The molecule has 1 aliphatic rings. The summed E-state index contributed by atoms with van der Waals surface area (Å²) in [6.45, 7) is 0. The summed E-state index contributed by atoms with van der Waals surface area (Å²) in [6, 6.07) is 30.5. The van der Waals surface area contributed by atoms with Crippen LogP contribution in [0.2, 0.25) is 0 Å². The number of benzene rings is 4. The summed E-state index contributed by atoms with van der Waals surface area (Å²) in [6.07, 6.45) is -1.70. The third-order valence-electron chi connectivity index (χ3n) is 7.03. The third kappa shape index (κ3) is 5.17. The molecule has 0 radical (unpaired) electrons. The zero-order valence-electron chi connectivity index (χ0n) is 21.3. The number of fused-ring (bicyclic) bond motifs is 3. The topological polar surface area (TPSA) is 105 Å². The van der Waals surface area contributed by atoms with Gasteiger partial charge in [-0.3, -0.25) is 9.59 Å². The second-order valence-corrected chi connectivity index (χ2v) is 9.33. The molecule has 3 N–H and O–H groups in total. The van der Waals surface area contributed by atoms with Gasteiger partial charge < -0.3 is 20.5 Å². The molecular weight excluding hydrogens is 492 g/mol. The van der Waals surface area contributed by atoms with E-state index in [2.05, 4.69) is 10.6 Å². The molecule has 5 rings (SSSR count). The van der Waals surface area contributed by atoms with E-state index in [0.29, 0.717) is 11.1 Å². The lowest BCUT2D eigenvalue weighted by Gasteiger charge is -2.28. The van der Waals surface area contributed by atoms with Crippen molar-refractivity contribution >= 4 is 17.8 Å². The Labute approximate surface area is 226 Å². The average Bonchev–Trinajstić information content (AvgIpc) is 3.32. The standard InChI is InChI=1S/C32H28N2O5/c1-39-32(38)28(26-24-18-10-8-16-22(24)23-17-9-11-19-25(23)26)34-31(37)29(35)27(20-12-4-2-5-13-20)33-30(36)21-14-6-3-7-15-21/h2-19,26-29,35H,1H3,(H,33,36)(H,34,37)/t27-,28+,29+/m0/s1. The van der Waals surface area contributed by atoms with Crippen LogP contribution in [0.1, 0.15) is 39.0 Å². The fraction of sp³-hybridized carbons (Fsp3) is 0.156. The Balaban J connectivity index is 1.46. The summed E-state index contributed by atoms with van der Waals surface area (Å²) in [7, 11) is 1.26. The number of aliphatic hydroxyl groups is 1. The maximum atomic E-state index is 13.6. The first-order chi connectivity index (χ1) is 19.0. The van der Waals surface area contributed by atoms with Gasteiger partial charge in [0.2, 0.25) is 0 Å². The van der Waals surface area contributed by atoms with Crippen LogP contribution in [0.4, 0.5) is 0 Å². The van der Waals surface area contributed by atoms with Gasteiger partial charge in [0.1, 0.15) is 6.04 Å². The first kappa shape index (κ1) is 25.9. The van der Waals surface area contributed by atoms with E-state index in [4.69, 9.17) is 4.74 Å². The van der Waals surface area contributed by atoms with E-state index in [9.17, 15) is 19.5 Å². The molecule has 2 amide bonds. The number of carbonyl (C=O) groups excluding carboxylic acids is 3. The van der Waals surface area contributed by atoms with Gasteiger partial charge in [-0.1, -0.05) is 97.1 Å². The summed E-state index contributed by atoms with van der Waals surface area (Å²) < 4.78 is 5.10. The van der Waals surface area contributed by atoms with Gasteiger partial charge in [-0.25, -0.2) is 4.79 Å². The number of ether oxygens (including phenoxy) is 1. The Hall–Kier alpha value is -4.75. The molecule has 4 aromatic carbocycles. The minimum Gasteiger partial charge on any atom is -0.467 e. The number of hydrogen-bond acceptors (Lipinski definition) is 5. The van der Waals surface area contributed by atoms with Crippen LogP contribution in [0.5, 0.6) is 0 Å². The minimum absolute atomic E-state index is 0.387. The monoisotopic (exact) mass is 520 g/mol. The van der Waals surface area contributed by atoms with Crippen LogP contribution in [0.3, 0.4) is 0 Å². The highest BCUT2D eigenvalue weighted by atomic mass is 16.5. The van der Waals surface area contributed by atoms with Crippen LogP contribution in [-0.4, -0.2) is 42.1 Å². The van der Waals surface area contributed by atoms with Gasteiger partial charge in [-0.05, 0) is 39.9 Å². The van der Waals surface area contributed by atoms with Crippen LogP contribution in [0.15, 0.2) is 109 Å². The molecule has 0 aromatic heterocycles. The molecule has 0 unspecified atom stereocenters. The van der Waals surface area contributed by atoms with Gasteiger partial charge in [-0.15, -0.1) is 0 Å². The lowest BCUT2D eigenvalue weighted by atomic mass is 9.88. The van der Waals surface area contributed by atoms with E-state index in [-0.39, 0.29) is 0 Å². The molecule has 7 heteroatoms. The van der Waals surface area contributed by atoms with Crippen LogP contribution in [0, 0.1) is 0 Å². The van der Waals surface area contributed by atoms with Gasteiger partial charge in [0, 0.05) is 11.5 Å². The number of rotatable bonds is 8. The Bertz CT molecular complexity index is 1440. The van der Waals surface area contributed by atoms with E-state index in [1.807, 2.05) is 48.5 Å². The summed E-state index contributed by atoms with van der Waals surface area (Å²) in [5, 5.41) is 16.8. The average molecular weight is 521 g/mol. The highest BCUT2D eigenvalue weighted by molar-refractivity contribution is 5.95. The van der Waals surface area contributed by atoms with Crippen LogP contribution in [-0.2, 0) is 14.3 Å². The molecule has 39 heavy (non-hydrogen) atoms. The van der Waals surface area contributed by atoms with Crippen LogP contribution >= 0.6 is 0 Å². The lowest BCUT2D eigenvalue weighted by molar-refractivity contribution is -0.147. The smallest absolute Gasteiger partial charge is 0.329 e. The molecule has 0 saturated carbocycles. The van der Waals surface area contributed by atoms with Gasteiger partial charge in [0.15, 0.2) is 6.10 Å². The van der Waals surface area contributed by atoms with Crippen molar-refractivity contribution in [2.24, 2.45) is 0 Å². The third-order valence-corrected chi connectivity index (χ3v) is 7.03. The molecule has 4 aromatic rings. The van der Waals surface area contributed by atoms with E-state index < -0.39 is 41.9 Å². The Kier molecular flexibility index (Phi) is 7.52. The second-order valence-electron chi connectivity index (χ2n) is 9.33. The highest BCUT2D eigenvalue weighted by Crippen LogP contribution is 2.46. The van der Waals surface area contributed by atoms with Crippen molar-refractivity contribution in [1.82, 2.24) is 10.6 Å². The fourth-order valence-electron chi connectivity index (χ4n) is 5.17. The molecule has 7 nitrogen and oxygen atoms in total. The van der Waals surface area contributed by atoms with Crippen molar-refractivity contribution in [3.63, 3.8) is 0 Å². The van der Waals surface area contributed by atoms with E-state index >= 15 is 0 Å². The zero-order valence-corrected chi connectivity index (χ0v) is 21.3. The van der Waals surface area contributed by atoms with E-state index in [0.717, 1.165) is 22.3 Å². The van der Waals surface area contributed by atoms with Crippen LogP contribution in [0.25, 0.3) is 11.1 Å². The molecule has 3 atom stereocenters. The van der Waals surface area contributed by atoms with Crippen molar-refractivity contribution in [3.05, 3.63) is 131 Å². The molecule has 0 saturated heterocycles. The number of amides is 2. The van der Waals surface area contributed by atoms with Crippen molar-refractivity contribution in [3.8, 4) is 11.1 Å². The molecule has 0 spiro atoms. The largest absolute Gasteiger partial charge is 0.467 e. The predicted octanol–water partition coefficient (Wildman–Crippen LogP) is 3.99. The zero-order chi connectivity index (χ0) is 27.4. The molecular formula is C32H28N2O5. The number of carbonyl (C=O) groups is 3. The Morgan fingerprint density at radius 2 is 1.23 bits per heavy atom. The van der Waals surface area contributed by atoms with E-state index in [1.165, 1.54) is 7.11 Å². The Morgan fingerprint density at radius 1 is 0.718 bits per heavy atom. The maximum absolute atomic E-state index is 13.6. The number of esters is 1. The summed E-state index contributed by atoms with van der Waals surface area (Å²) in [5.41, 5.74) is 4.62. The molecule has 0 aliphatic heterocycles. The summed E-state index contributed by atoms with van der Waals surface area (Å²) >= 11 is 0. The molecule has 0 fully saturated rings. The first-order valence-electron chi connectivity index (χ1n) is 12.6. The molecule has 0 bridgehead atoms. The first-order valence-corrected chi connectivity index (χ1v) is 12.6. The Morgan fingerprint density at radius 3 is 1.79 bits per heavy atom. The summed E-state index contributed by atoms with van der Waals surface area (Å²) in [4.78, 5) is 39.6. The quantitative estimate of drug-likeness (QED) is 0.305. The van der Waals surface area contributed by atoms with Crippen molar-refractivity contribution in [1.29, 1.82) is 0 Å². The number of hydrogen-bond donors (Lipinski definition) is 3. The number of methoxy groups -OCH3 is 1. The van der Waals surface area contributed by atoms with Crippen molar-refractivity contribution in [2.45, 2.75) is 24.1 Å². The second kappa shape index (κ2) is 11.3. The normalized spacial score (nSPS) is 14.3. The number of aliphatic hydroxyl groups excluding tert-OH is 1. The highest BCUT2D eigenvalue weighted by Gasteiger charge is 2.41. The lowest BCUT2D eigenvalue weighted by Crippen LogP contribution is -2.52.